The van der Waals surface area contributed by atoms with Crippen molar-refractivity contribution in [3.8, 4) is 0 Å². The summed E-state index contributed by atoms with van der Waals surface area (Å²) in [6, 6.07) is 1.66. The van der Waals surface area contributed by atoms with Crippen LogP contribution >= 0.6 is 26.6 Å². The molecule has 4 nitrogen and oxygen atoms in total. The van der Waals surface area contributed by atoms with E-state index in [0.717, 1.165) is 12.1 Å². The molecular weight excluding hydrogens is 373 g/mol. The number of carbonyl (C=O) groups excluding carboxylic acids is 1. The summed E-state index contributed by atoms with van der Waals surface area (Å²) < 4.78 is 36.3. The molecule has 0 aliphatic rings. The molecule has 0 aromatic heterocycles. The van der Waals surface area contributed by atoms with Crippen molar-refractivity contribution < 1.29 is 17.6 Å². The maximum absolute atomic E-state index is 13.6. The average Bonchev–Trinajstić information content (AvgIpc) is 2.30. The fourth-order valence-electron chi connectivity index (χ4n) is 1.80. The Balaban J connectivity index is 3.47. The van der Waals surface area contributed by atoms with Gasteiger partial charge in [-0.3, -0.25) is 4.79 Å². The third-order valence-electron chi connectivity index (χ3n) is 2.72. The molecule has 0 radical (unpaired) electrons. The molecule has 0 fully saturated rings. The van der Waals surface area contributed by atoms with E-state index in [1.54, 1.807) is 6.92 Å². The van der Waals surface area contributed by atoms with Gasteiger partial charge in [-0.05, 0) is 48.8 Å². The molecule has 112 valence electrons. The third kappa shape index (κ3) is 3.71. The first-order valence-corrected chi connectivity index (χ1v) is 8.94. The highest BCUT2D eigenvalue weighted by atomic mass is 79.9. The van der Waals surface area contributed by atoms with Crippen molar-refractivity contribution >= 4 is 41.6 Å². The van der Waals surface area contributed by atoms with E-state index < -0.39 is 25.7 Å². The van der Waals surface area contributed by atoms with Crippen molar-refractivity contribution in [1.82, 2.24) is 4.90 Å². The van der Waals surface area contributed by atoms with Crippen LogP contribution < -0.4 is 0 Å². The first-order chi connectivity index (χ1) is 9.09. The van der Waals surface area contributed by atoms with Crippen LogP contribution in [0, 0.1) is 5.82 Å². The summed E-state index contributed by atoms with van der Waals surface area (Å²) in [5.41, 5.74) is -0.0697. The van der Waals surface area contributed by atoms with E-state index in [4.69, 9.17) is 10.7 Å². The molecule has 1 amide bonds. The Morgan fingerprint density at radius 2 is 2.00 bits per heavy atom. The van der Waals surface area contributed by atoms with Crippen molar-refractivity contribution in [1.29, 1.82) is 0 Å². The number of nitrogens with zero attached hydrogens (tertiary/aromatic N) is 1. The average molecular weight is 387 g/mol. The van der Waals surface area contributed by atoms with Crippen LogP contribution in [0.15, 0.2) is 21.5 Å². The second-order valence-corrected chi connectivity index (χ2v) is 7.72. The summed E-state index contributed by atoms with van der Waals surface area (Å²) in [5.74, 6) is -1.30. The van der Waals surface area contributed by atoms with Gasteiger partial charge in [0.15, 0.2) is 0 Å². The number of hydrogen-bond donors (Lipinski definition) is 0. The summed E-state index contributed by atoms with van der Waals surface area (Å²) in [7, 11) is 1.09. The second kappa shape index (κ2) is 6.41. The van der Waals surface area contributed by atoms with Crippen LogP contribution in [-0.2, 0) is 9.05 Å². The van der Waals surface area contributed by atoms with Gasteiger partial charge in [0.25, 0.3) is 15.0 Å². The second-order valence-electron chi connectivity index (χ2n) is 4.39. The fourth-order valence-corrected chi connectivity index (χ4v) is 4.06. The van der Waals surface area contributed by atoms with E-state index in [0.29, 0.717) is 6.54 Å². The van der Waals surface area contributed by atoms with Gasteiger partial charge in [-0.2, -0.15) is 0 Å². The molecule has 0 bridgehead atoms. The summed E-state index contributed by atoms with van der Waals surface area (Å²) in [6.07, 6.45) is 0. The Morgan fingerprint density at radius 1 is 1.45 bits per heavy atom. The summed E-state index contributed by atoms with van der Waals surface area (Å²) in [5, 5.41) is 0. The number of halogens is 3. The maximum Gasteiger partial charge on any atom is 0.262 e. The Kier molecular flexibility index (Phi) is 5.57. The third-order valence-corrected chi connectivity index (χ3v) is 5.18. The number of benzene rings is 1. The van der Waals surface area contributed by atoms with Gasteiger partial charge in [-0.1, -0.05) is 0 Å². The first-order valence-electron chi connectivity index (χ1n) is 5.84. The lowest BCUT2D eigenvalue weighted by atomic mass is 10.1. The minimum atomic E-state index is -4.15. The number of rotatable bonds is 4. The minimum absolute atomic E-state index is 0.0296. The highest BCUT2D eigenvalue weighted by molar-refractivity contribution is 9.10. The fraction of sp³-hybridized carbons (Fsp3) is 0.417. The molecule has 0 spiro atoms. The zero-order valence-corrected chi connectivity index (χ0v) is 14.3. The smallest absolute Gasteiger partial charge is 0.262 e. The topological polar surface area (TPSA) is 54.5 Å². The predicted molar refractivity (Wildman–Crippen MR) is 79.0 cm³/mol. The van der Waals surface area contributed by atoms with Crippen LogP contribution in [-0.4, -0.2) is 31.8 Å². The van der Waals surface area contributed by atoms with Gasteiger partial charge in [0, 0.05) is 23.3 Å². The molecule has 0 saturated heterocycles. The quantitative estimate of drug-likeness (QED) is 0.745. The van der Waals surface area contributed by atoms with Crippen LogP contribution in [0.1, 0.15) is 31.1 Å². The van der Waals surface area contributed by atoms with Crippen molar-refractivity contribution in [2.75, 3.05) is 6.54 Å². The monoisotopic (exact) mass is 385 g/mol. The van der Waals surface area contributed by atoms with Crippen molar-refractivity contribution in [3.63, 3.8) is 0 Å². The molecule has 0 N–H and O–H groups in total. The molecule has 0 unspecified atom stereocenters. The highest BCUT2D eigenvalue weighted by Crippen LogP contribution is 2.30. The Hall–Kier alpha value is -0.660. The van der Waals surface area contributed by atoms with Crippen molar-refractivity contribution in [2.45, 2.75) is 31.7 Å². The van der Waals surface area contributed by atoms with Crippen LogP contribution in [0.2, 0.25) is 0 Å². The molecule has 1 aromatic rings. The van der Waals surface area contributed by atoms with E-state index in [2.05, 4.69) is 15.9 Å². The van der Waals surface area contributed by atoms with E-state index in [1.807, 2.05) is 13.8 Å². The molecule has 1 rings (SSSR count). The summed E-state index contributed by atoms with van der Waals surface area (Å²) >= 11 is 3.02. The van der Waals surface area contributed by atoms with Crippen LogP contribution in [0.4, 0.5) is 4.39 Å². The lowest BCUT2D eigenvalue weighted by Gasteiger charge is -2.25. The van der Waals surface area contributed by atoms with Gasteiger partial charge in [0.1, 0.15) is 10.7 Å². The maximum atomic E-state index is 13.6. The Morgan fingerprint density at radius 3 is 2.40 bits per heavy atom. The lowest BCUT2D eigenvalue weighted by Crippen LogP contribution is -2.37. The van der Waals surface area contributed by atoms with Gasteiger partial charge in [0.2, 0.25) is 0 Å². The number of amides is 1. The molecule has 0 aliphatic heterocycles. The van der Waals surface area contributed by atoms with Gasteiger partial charge in [-0.15, -0.1) is 0 Å². The SMILES string of the molecule is CCN(C(=O)c1cc(F)cc(S(=O)(=O)Cl)c1Br)C(C)C. The number of hydrogen-bond acceptors (Lipinski definition) is 3. The van der Waals surface area contributed by atoms with Crippen LogP contribution in [0.5, 0.6) is 0 Å². The predicted octanol–water partition coefficient (Wildman–Crippen LogP) is 3.39. The van der Waals surface area contributed by atoms with Crippen molar-refractivity contribution in [2.24, 2.45) is 0 Å². The normalized spacial score (nSPS) is 11.8. The minimum Gasteiger partial charge on any atom is -0.336 e. The zero-order chi connectivity index (χ0) is 15.7. The lowest BCUT2D eigenvalue weighted by molar-refractivity contribution is 0.0715. The highest BCUT2D eigenvalue weighted by Gasteiger charge is 2.25. The molecule has 0 saturated carbocycles. The Labute approximate surface area is 130 Å². The van der Waals surface area contributed by atoms with E-state index >= 15 is 0 Å². The van der Waals surface area contributed by atoms with Gasteiger partial charge < -0.3 is 4.90 Å². The largest absolute Gasteiger partial charge is 0.336 e. The molecule has 0 atom stereocenters. The standard InChI is InChI=1S/C12H14BrClFNO3S/c1-4-16(7(2)3)12(17)9-5-8(15)6-10(11(9)13)20(14,18)19/h5-7H,4H2,1-3H3. The molecule has 0 aliphatic carbocycles. The van der Waals surface area contributed by atoms with Gasteiger partial charge in [-0.25, -0.2) is 12.8 Å². The molecule has 8 heteroatoms. The summed E-state index contributed by atoms with van der Waals surface area (Å²) in [6.45, 7) is 5.83. The van der Waals surface area contributed by atoms with E-state index in [9.17, 15) is 17.6 Å². The first kappa shape index (κ1) is 17.4. The van der Waals surface area contributed by atoms with Gasteiger partial charge in [0.05, 0.1) is 10.0 Å². The summed E-state index contributed by atoms with van der Waals surface area (Å²) in [4.78, 5) is 13.4. The molecule has 0 heterocycles. The zero-order valence-electron chi connectivity index (χ0n) is 11.2. The molecular formula is C12H14BrClFNO3S. The molecule has 20 heavy (non-hydrogen) atoms. The Bertz CT molecular complexity index is 634. The van der Waals surface area contributed by atoms with Crippen molar-refractivity contribution in [3.05, 3.63) is 28.0 Å². The van der Waals surface area contributed by atoms with E-state index in [1.165, 1.54) is 4.90 Å². The van der Waals surface area contributed by atoms with E-state index in [-0.39, 0.29) is 16.1 Å². The van der Waals surface area contributed by atoms with Crippen LogP contribution in [0.3, 0.4) is 0 Å². The molecule has 1 aromatic carbocycles. The van der Waals surface area contributed by atoms with Gasteiger partial charge >= 0.3 is 0 Å². The number of carbonyl (C=O) groups is 1. The van der Waals surface area contributed by atoms with Crippen LogP contribution in [0.25, 0.3) is 0 Å².